The maximum Gasteiger partial charge on any atom is 0.316 e. The minimum atomic E-state index is -0.772. The van der Waals surface area contributed by atoms with Gasteiger partial charge in [0.05, 0.1) is 17.1 Å². The summed E-state index contributed by atoms with van der Waals surface area (Å²) >= 11 is 0. The van der Waals surface area contributed by atoms with Crippen molar-refractivity contribution in [1.82, 2.24) is 14.7 Å². The molecule has 9 heteroatoms. The van der Waals surface area contributed by atoms with E-state index >= 15 is 0 Å². The highest BCUT2D eigenvalue weighted by Crippen LogP contribution is 2.23. The third kappa shape index (κ3) is 2.22. The van der Waals surface area contributed by atoms with E-state index in [2.05, 4.69) is 10.3 Å². The Bertz CT molecular complexity index is 822. The zero-order valence-electron chi connectivity index (χ0n) is 11.7. The molecule has 0 radical (unpaired) electrons. The number of primary amides is 1. The van der Waals surface area contributed by atoms with Gasteiger partial charge in [0.25, 0.3) is 5.56 Å². The molecule has 6 N–H and O–H groups in total. The number of carbonyl (C=O) groups is 1. The average molecular weight is 301 g/mol. The van der Waals surface area contributed by atoms with Crippen LogP contribution in [0.4, 0.5) is 16.3 Å². The van der Waals surface area contributed by atoms with Gasteiger partial charge >= 0.3 is 6.03 Å². The molecule has 9 nitrogen and oxygen atoms in total. The predicted molar refractivity (Wildman–Crippen MR) is 82.5 cm³/mol. The van der Waals surface area contributed by atoms with E-state index in [1.807, 2.05) is 0 Å². The van der Waals surface area contributed by atoms with Crippen molar-refractivity contribution in [2.75, 3.05) is 5.73 Å². The van der Waals surface area contributed by atoms with Crippen LogP contribution < -0.4 is 22.3 Å². The van der Waals surface area contributed by atoms with Crippen molar-refractivity contribution in [3.8, 4) is 0 Å². The maximum atomic E-state index is 12.3. The number of hydrogen-bond donors (Lipinski definition) is 4. The number of amides is 2. The number of aromatic nitrogens is 2. The molecule has 2 amide bonds. The summed E-state index contributed by atoms with van der Waals surface area (Å²) in [6.07, 6.45) is 5.30. The molecule has 0 spiro atoms. The first-order valence-corrected chi connectivity index (χ1v) is 6.70. The fourth-order valence-corrected chi connectivity index (χ4v) is 2.52. The van der Waals surface area contributed by atoms with Gasteiger partial charge < -0.3 is 22.2 Å². The molecular weight excluding hydrogens is 286 g/mol. The zero-order chi connectivity index (χ0) is 15.9. The van der Waals surface area contributed by atoms with Crippen molar-refractivity contribution >= 4 is 29.0 Å². The third-order valence-corrected chi connectivity index (χ3v) is 3.48. The first-order chi connectivity index (χ1) is 10.5. The summed E-state index contributed by atoms with van der Waals surface area (Å²) in [5.41, 5.74) is 11.7. The Morgan fingerprint density at radius 3 is 2.73 bits per heavy atom. The van der Waals surface area contributed by atoms with Gasteiger partial charge in [-0.15, -0.1) is 0 Å². The van der Waals surface area contributed by atoms with Gasteiger partial charge in [-0.1, -0.05) is 0 Å². The molecule has 0 saturated carbocycles. The van der Waals surface area contributed by atoms with Gasteiger partial charge in [-0.3, -0.25) is 9.48 Å². The van der Waals surface area contributed by atoms with Crippen LogP contribution in [-0.2, 0) is 13.1 Å². The van der Waals surface area contributed by atoms with Crippen LogP contribution in [0.3, 0.4) is 0 Å². The van der Waals surface area contributed by atoms with Crippen molar-refractivity contribution in [2.45, 2.75) is 19.5 Å². The Morgan fingerprint density at radius 1 is 1.32 bits per heavy atom. The van der Waals surface area contributed by atoms with Crippen molar-refractivity contribution in [3.63, 3.8) is 0 Å². The van der Waals surface area contributed by atoms with E-state index in [9.17, 15) is 9.59 Å². The molecule has 0 aromatic carbocycles. The van der Waals surface area contributed by atoms with E-state index in [1.54, 1.807) is 9.36 Å². The van der Waals surface area contributed by atoms with Gasteiger partial charge in [0, 0.05) is 13.1 Å². The van der Waals surface area contributed by atoms with Crippen LogP contribution in [0.1, 0.15) is 6.42 Å². The number of urea groups is 1. The molecule has 114 valence electrons. The molecule has 1 aromatic rings. The lowest BCUT2D eigenvalue weighted by Crippen LogP contribution is -2.33. The second kappa shape index (κ2) is 5.02. The van der Waals surface area contributed by atoms with Gasteiger partial charge in [-0.05, 0) is 24.6 Å². The maximum absolute atomic E-state index is 12.3. The molecule has 0 bridgehead atoms. The van der Waals surface area contributed by atoms with E-state index in [1.165, 1.54) is 18.2 Å². The third-order valence-electron chi connectivity index (χ3n) is 3.48. The molecular formula is C13H15N7O2. The molecule has 1 aliphatic heterocycles. The van der Waals surface area contributed by atoms with Crippen molar-refractivity contribution in [1.29, 1.82) is 5.41 Å². The Morgan fingerprint density at radius 2 is 2.05 bits per heavy atom. The van der Waals surface area contributed by atoms with Crippen LogP contribution in [0.15, 0.2) is 33.7 Å². The van der Waals surface area contributed by atoms with Crippen molar-refractivity contribution in [2.24, 2.45) is 10.7 Å². The second-order valence-electron chi connectivity index (χ2n) is 4.97. The molecule has 22 heavy (non-hydrogen) atoms. The fraction of sp³-hybridized carbons (Fsp3) is 0.231. The van der Waals surface area contributed by atoms with E-state index in [0.29, 0.717) is 24.6 Å². The van der Waals surface area contributed by atoms with Gasteiger partial charge in [0.1, 0.15) is 0 Å². The van der Waals surface area contributed by atoms with Crippen LogP contribution in [0.2, 0.25) is 0 Å². The number of aliphatic imine (C=N–C) groups is 1. The highest BCUT2D eigenvalue weighted by atomic mass is 16.2. The molecule has 0 unspecified atom stereocenters. The van der Waals surface area contributed by atoms with Crippen molar-refractivity contribution < 1.29 is 4.79 Å². The number of nitrogens with one attached hydrogen (secondary N) is 2. The summed E-state index contributed by atoms with van der Waals surface area (Å²) in [5.74, 6) is 0.294. The van der Waals surface area contributed by atoms with Crippen LogP contribution in [0, 0.1) is 5.41 Å². The average Bonchev–Trinajstić information content (AvgIpc) is 3.00. The van der Waals surface area contributed by atoms with Gasteiger partial charge in [-0.25, -0.2) is 14.5 Å². The molecule has 0 saturated heterocycles. The number of anilines is 1. The second-order valence-corrected chi connectivity index (χ2v) is 4.97. The van der Waals surface area contributed by atoms with Crippen LogP contribution in [-0.4, -0.2) is 26.8 Å². The predicted octanol–water partition coefficient (Wildman–Crippen LogP) is -0.150. The summed E-state index contributed by atoms with van der Waals surface area (Å²) in [7, 11) is 0. The van der Waals surface area contributed by atoms with Crippen molar-refractivity contribution in [3.05, 3.63) is 34.3 Å². The van der Waals surface area contributed by atoms with Crippen LogP contribution >= 0.6 is 0 Å². The topological polar surface area (TPSA) is 144 Å². The zero-order valence-corrected chi connectivity index (χ0v) is 11.7. The molecule has 0 fully saturated rings. The fourth-order valence-electron chi connectivity index (χ4n) is 2.52. The normalized spacial score (nSPS) is 18.5. The summed E-state index contributed by atoms with van der Waals surface area (Å²) < 4.78 is 3.25. The summed E-state index contributed by atoms with van der Waals surface area (Å²) in [5, 5.41) is 9.98. The highest BCUT2D eigenvalue weighted by molar-refractivity contribution is 6.21. The number of rotatable bonds is 2. The number of nitrogen functional groups attached to an aromatic ring is 1. The highest BCUT2D eigenvalue weighted by Gasteiger charge is 2.22. The largest absolute Gasteiger partial charge is 0.382 e. The molecule has 1 aliphatic carbocycles. The number of allylic oxidation sites excluding steroid dienone is 3. The standard InChI is InChI=1S/C13H15N7O2/c14-7-2-3-8(9(6-7)18-13(16)22)17-10-11(15)19-4-1-5-20(19)12(10)21/h2-3,6,14H,1,4-5,15H2,(H3,16,18,22)/b14-7?,17-8+. The summed E-state index contributed by atoms with van der Waals surface area (Å²) in [4.78, 5) is 27.6. The number of carbonyl (C=O) groups excluding carboxylic acids is 1. The number of nitrogens with zero attached hydrogens (tertiary/aromatic N) is 3. The number of nitrogens with two attached hydrogens (primary N) is 2. The quantitative estimate of drug-likeness (QED) is 0.564. The summed E-state index contributed by atoms with van der Waals surface area (Å²) in [6.45, 7) is 1.28. The van der Waals surface area contributed by atoms with Crippen LogP contribution in [0.25, 0.3) is 0 Å². The van der Waals surface area contributed by atoms with E-state index in [4.69, 9.17) is 16.9 Å². The Balaban J connectivity index is 2.06. The van der Waals surface area contributed by atoms with E-state index < -0.39 is 6.03 Å². The molecule has 0 atom stereocenters. The lowest BCUT2D eigenvalue weighted by atomic mass is 10.1. The molecule has 2 heterocycles. The molecule has 3 rings (SSSR count). The lowest BCUT2D eigenvalue weighted by molar-refractivity contribution is 0.251. The smallest absolute Gasteiger partial charge is 0.316 e. The minimum Gasteiger partial charge on any atom is -0.382 e. The number of fused-ring (bicyclic) bond motifs is 1. The Labute approximate surface area is 125 Å². The monoisotopic (exact) mass is 301 g/mol. The Kier molecular flexibility index (Phi) is 3.17. The Hall–Kier alpha value is -3.10. The van der Waals surface area contributed by atoms with E-state index in [0.717, 1.165) is 6.42 Å². The van der Waals surface area contributed by atoms with Gasteiger partial charge in [-0.2, -0.15) is 0 Å². The van der Waals surface area contributed by atoms with E-state index in [-0.39, 0.29) is 22.7 Å². The van der Waals surface area contributed by atoms with Crippen LogP contribution in [0.5, 0.6) is 0 Å². The lowest BCUT2D eigenvalue weighted by Gasteiger charge is -2.11. The summed E-state index contributed by atoms with van der Waals surface area (Å²) in [6, 6.07) is -0.772. The number of hydrogen-bond acceptors (Lipinski definition) is 5. The minimum absolute atomic E-state index is 0.130. The van der Waals surface area contributed by atoms with Gasteiger partial charge in [0.15, 0.2) is 11.5 Å². The first kappa shape index (κ1) is 13.9. The van der Waals surface area contributed by atoms with Gasteiger partial charge in [0.2, 0.25) is 0 Å². The molecule has 1 aromatic heterocycles. The molecule has 2 aliphatic rings. The SMILES string of the molecule is N=C1C=C/C(=N\c2c(N)n3n(c2=O)CCC3)C(NC(N)=O)=C1. The first-order valence-electron chi connectivity index (χ1n) is 6.70.